The van der Waals surface area contributed by atoms with Gasteiger partial charge in [-0.3, -0.25) is 0 Å². The van der Waals surface area contributed by atoms with Gasteiger partial charge in [-0.05, 0) is 30.4 Å². The molecule has 1 aliphatic carbocycles. The minimum atomic E-state index is -0.935. The Morgan fingerprint density at radius 1 is 1.29 bits per heavy atom. The summed E-state index contributed by atoms with van der Waals surface area (Å²) >= 11 is 0. The molecule has 0 heterocycles. The van der Waals surface area contributed by atoms with Crippen molar-refractivity contribution in [1.82, 2.24) is 0 Å². The van der Waals surface area contributed by atoms with Crippen LogP contribution in [0.5, 0.6) is 0 Å². The highest BCUT2D eigenvalue weighted by Gasteiger charge is 2.21. The van der Waals surface area contributed by atoms with Gasteiger partial charge >= 0.3 is 5.97 Å². The molecule has 0 bridgehead atoms. The first-order chi connectivity index (χ1) is 8.24. The molecule has 0 radical (unpaired) electrons. The standard InChI is InChI=1S/C15H16O2/c1-2-12-13(11-7-4-3-5-8-11)9-6-10-14(12)15(16)17/h1,6,9-11H,3-5,7-8H2,(H,16,17). The molecule has 0 unspecified atom stereocenters. The van der Waals surface area contributed by atoms with Gasteiger partial charge in [0.05, 0.1) is 5.56 Å². The van der Waals surface area contributed by atoms with Crippen LogP contribution in [0, 0.1) is 12.3 Å². The lowest BCUT2D eigenvalue weighted by Gasteiger charge is -2.23. The van der Waals surface area contributed by atoms with Gasteiger partial charge in [0.1, 0.15) is 0 Å². The Bertz CT molecular complexity index is 462. The van der Waals surface area contributed by atoms with E-state index in [9.17, 15) is 4.79 Å². The van der Waals surface area contributed by atoms with E-state index < -0.39 is 5.97 Å². The third-order valence-electron chi connectivity index (χ3n) is 3.52. The van der Waals surface area contributed by atoms with E-state index in [1.54, 1.807) is 12.1 Å². The molecule has 1 saturated carbocycles. The molecule has 0 aliphatic heterocycles. The Morgan fingerprint density at radius 3 is 2.59 bits per heavy atom. The number of carbonyl (C=O) groups is 1. The van der Waals surface area contributed by atoms with Crippen LogP contribution in [-0.2, 0) is 0 Å². The number of hydrogen-bond acceptors (Lipinski definition) is 1. The van der Waals surface area contributed by atoms with Crippen molar-refractivity contribution in [2.24, 2.45) is 0 Å². The smallest absolute Gasteiger partial charge is 0.336 e. The number of hydrogen-bond donors (Lipinski definition) is 1. The van der Waals surface area contributed by atoms with E-state index in [1.165, 1.54) is 19.3 Å². The van der Waals surface area contributed by atoms with Gasteiger partial charge in [0.15, 0.2) is 0 Å². The fraction of sp³-hybridized carbons (Fsp3) is 0.400. The number of rotatable bonds is 2. The highest BCUT2D eigenvalue weighted by molar-refractivity contribution is 5.91. The maximum Gasteiger partial charge on any atom is 0.336 e. The molecule has 0 spiro atoms. The first kappa shape index (κ1) is 11.7. The van der Waals surface area contributed by atoms with Crippen molar-refractivity contribution in [1.29, 1.82) is 0 Å². The van der Waals surface area contributed by atoms with Gasteiger partial charge in [-0.1, -0.05) is 37.3 Å². The molecule has 1 aromatic carbocycles. The number of carboxylic acid groups (broad SMARTS) is 1. The zero-order valence-electron chi connectivity index (χ0n) is 9.78. The minimum absolute atomic E-state index is 0.260. The molecule has 0 saturated heterocycles. The summed E-state index contributed by atoms with van der Waals surface area (Å²) in [5, 5.41) is 9.12. The molecule has 0 aromatic heterocycles. The second kappa shape index (κ2) is 5.05. The number of carboxylic acids is 1. The van der Waals surface area contributed by atoms with E-state index in [0.717, 1.165) is 18.4 Å². The van der Waals surface area contributed by atoms with Crippen molar-refractivity contribution in [3.63, 3.8) is 0 Å². The van der Waals surface area contributed by atoms with Gasteiger partial charge in [0.2, 0.25) is 0 Å². The molecular weight excluding hydrogens is 212 g/mol. The average Bonchev–Trinajstić information content (AvgIpc) is 2.38. The Balaban J connectivity index is 2.43. The van der Waals surface area contributed by atoms with E-state index >= 15 is 0 Å². The molecule has 1 N–H and O–H groups in total. The lowest BCUT2D eigenvalue weighted by atomic mass is 9.81. The molecule has 1 aromatic rings. The van der Waals surface area contributed by atoms with E-state index in [-0.39, 0.29) is 5.56 Å². The molecule has 1 fully saturated rings. The normalized spacial score (nSPS) is 16.4. The van der Waals surface area contributed by atoms with Crippen LogP contribution in [0.25, 0.3) is 0 Å². The minimum Gasteiger partial charge on any atom is -0.478 e. The Kier molecular flexibility index (Phi) is 3.49. The van der Waals surface area contributed by atoms with Crippen LogP contribution >= 0.6 is 0 Å². The lowest BCUT2D eigenvalue weighted by Crippen LogP contribution is -2.10. The number of aromatic carboxylic acids is 1. The predicted octanol–water partition coefficient (Wildman–Crippen LogP) is 3.41. The Hall–Kier alpha value is -1.75. The van der Waals surface area contributed by atoms with Gasteiger partial charge in [-0.25, -0.2) is 4.79 Å². The summed E-state index contributed by atoms with van der Waals surface area (Å²) < 4.78 is 0. The lowest BCUT2D eigenvalue weighted by molar-refractivity contribution is 0.0696. The van der Waals surface area contributed by atoms with Gasteiger partial charge in [0, 0.05) is 5.56 Å². The third-order valence-corrected chi connectivity index (χ3v) is 3.52. The summed E-state index contributed by atoms with van der Waals surface area (Å²) in [5.74, 6) is 2.07. The van der Waals surface area contributed by atoms with E-state index in [2.05, 4.69) is 5.92 Å². The largest absolute Gasteiger partial charge is 0.478 e. The first-order valence-electron chi connectivity index (χ1n) is 6.07. The van der Waals surface area contributed by atoms with Crippen molar-refractivity contribution >= 4 is 5.97 Å². The summed E-state index contributed by atoms with van der Waals surface area (Å²) in [7, 11) is 0. The summed E-state index contributed by atoms with van der Waals surface area (Å²) in [6.45, 7) is 0. The molecule has 0 amide bonds. The van der Waals surface area contributed by atoms with Crippen LogP contribution in [-0.4, -0.2) is 11.1 Å². The fourth-order valence-electron chi connectivity index (χ4n) is 2.66. The quantitative estimate of drug-likeness (QED) is 0.787. The van der Waals surface area contributed by atoms with Crippen LogP contribution in [0.2, 0.25) is 0 Å². The predicted molar refractivity (Wildman–Crippen MR) is 67.2 cm³/mol. The van der Waals surface area contributed by atoms with Gasteiger partial charge in [-0.2, -0.15) is 0 Å². The van der Waals surface area contributed by atoms with Crippen LogP contribution in [0.15, 0.2) is 18.2 Å². The van der Waals surface area contributed by atoms with Crippen molar-refractivity contribution in [2.45, 2.75) is 38.0 Å². The van der Waals surface area contributed by atoms with Crippen LogP contribution in [0.3, 0.4) is 0 Å². The van der Waals surface area contributed by atoms with Crippen molar-refractivity contribution < 1.29 is 9.90 Å². The zero-order chi connectivity index (χ0) is 12.3. The average molecular weight is 228 g/mol. The highest BCUT2D eigenvalue weighted by atomic mass is 16.4. The topological polar surface area (TPSA) is 37.3 Å². The monoisotopic (exact) mass is 228 g/mol. The maximum atomic E-state index is 11.1. The van der Waals surface area contributed by atoms with Crippen molar-refractivity contribution in [3.05, 3.63) is 34.9 Å². The van der Waals surface area contributed by atoms with E-state index in [1.807, 2.05) is 6.07 Å². The molecule has 17 heavy (non-hydrogen) atoms. The third kappa shape index (κ3) is 2.34. The first-order valence-corrected chi connectivity index (χ1v) is 6.07. The highest BCUT2D eigenvalue weighted by Crippen LogP contribution is 2.35. The van der Waals surface area contributed by atoms with Gasteiger partial charge in [-0.15, -0.1) is 6.42 Å². The number of terminal acetylenes is 1. The molecule has 2 heteroatoms. The van der Waals surface area contributed by atoms with Crippen molar-refractivity contribution in [3.8, 4) is 12.3 Å². The Morgan fingerprint density at radius 2 is 2.00 bits per heavy atom. The summed E-state index contributed by atoms with van der Waals surface area (Å²) in [6.07, 6.45) is 11.4. The van der Waals surface area contributed by atoms with Gasteiger partial charge < -0.3 is 5.11 Å². The number of benzene rings is 1. The molecular formula is C15H16O2. The maximum absolute atomic E-state index is 11.1. The molecule has 0 atom stereocenters. The molecule has 2 nitrogen and oxygen atoms in total. The van der Waals surface area contributed by atoms with Crippen LogP contribution in [0.1, 0.15) is 59.5 Å². The molecule has 88 valence electrons. The van der Waals surface area contributed by atoms with Crippen molar-refractivity contribution in [2.75, 3.05) is 0 Å². The Labute approximate surface area is 102 Å². The van der Waals surface area contributed by atoms with Crippen LogP contribution < -0.4 is 0 Å². The molecule has 1 aliphatic rings. The summed E-state index contributed by atoms with van der Waals surface area (Å²) in [4.78, 5) is 11.1. The van der Waals surface area contributed by atoms with Crippen LogP contribution in [0.4, 0.5) is 0 Å². The second-order valence-corrected chi connectivity index (χ2v) is 4.55. The second-order valence-electron chi connectivity index (χ2n) is 4.55. The fourth-order valence-corrected chi connectivity index (χ4v) is 2.66. The SMILES string of the molecule is C#Cc1c(C(=O)O)cccc1C1CCCCC1. The van der Waals surface area contributed by atoms with E-state index in [0.29, 0.717) is 11.5 Å². The molecule has 2 rings (SSSR count). The van der Waals surface area contributed by atoms with Gasteiger partial charge in [0.25, 0.3) is 0 Å². The zero-order valence-corrected chi connectivity index (χ0v) is 9.78. The summed E-state index contributed by atoms with van der Waals surface area (Å²) in [6, 6.07) is 5.37. The van der Waals surface area contributed by atoms with E-state index in [4.69, 9.17) is 11.5 Å². The summed E-state index contributed by atoms with van der Waals surface area (Å²) in [5.41, 5.74) is 1.88.